The van der Waals surface area contributed by atoms with Gasteiger partial charge in [-0.2, -0.15) is 0 Å². The molecule has 0 saturated carbocycles. The Morgan fingerprint density at radius 1 is 1.12 bits per heavy atom. The molecule has 1 saturated heterocycles. The lowest BCUT2D eigenvalue weighted by Gasteiger charge is -2.48. The predicted octanol–water partition coefficient (Wildman–Crippen LogP) is 3.09. The molecule has 8 nitrogen and oxygen atoms in total. The molecule has 1 fully saturated rings. The zero-order valence-electron chi connectivity index (χ0n) is 20.1. The third-order valence-electron chi connectivity index (χ3n) is 6.77. The number of hydrogen-bond acceptors (Lipinski definition) is 4. The first-order valence-corrected chi connectivity index (χ1v) is 11.5. The van der Waals surface area contributed by atoms with Crippen LogP contribution >= 0.6 is 0 Å². The Morgan fingerprint density at radius 2 is 1.85 bits per heavy atom. The molecular formula is C26H30N4O4. The Balaban J connectivity index is 1.42. The maximum Gasteiger partial charge on any atom is 0.257 e. The largest absolute Gasteiger partial charge is 0.336 e. The minimum atomic E-state index is -0.804. The SMILES string of the molecule is Cc1ccc(C)c(NC(=O)CN(C)C(=O)CCN2C(=O)c3ccccc3N3C(=O)CCC23C)c1. The molecule has 2 heterocycles. The Kier molecular flexibility index (Phi) is 6.17. The molecule has 1 atom stereocenters. The van der Waals surface area contributed by atoms with Crippen molar-refractivity contribution in [1.82, 2.24) is 9.80 Å². The number of hydrogen-bond donors (Lipinski definition) is 1. The molecule has 1 N–H and O–H groups in total. The van der Waals surface area contributed by atoms with Gasteiger partial charge < -0.3 is 15.1 Å². The third kappa shape index (κ3) is 4.16. The van der Waals surface area contributed by atoms with E-state index in [0.29, 0.717) is 24.1 Å². The van der Waals surface area contributed by atoms with Gasteiger partial charge in [-0.1, -0.05) is 24.3 Å². The normalized spacial score (nSPS) is 19.1. The van der Waals surface area contributed by atoms with Crippen LogP contribution < -0.4 is 10.2 Å². The van der Waals surface area contributed by atoms with E-state index in [4.69, 9.17) is 0 Å². The fourth-order valence-electron chi connectivity index (χ4n) is 4.80. The van der Waals surface area contributed by atoms with Gasteiger partial charge in [0.25, 0.3) is 5.91 Å². The topological polar surface area (TPSA) is 90.0 Å². The minimum absolute atomic E-state index is 0.0287. The third-order valence-corrected chi connectivity index (χ3v) is 6.77. The number of nitrogens with one attached hydrogen (secondary N) is 1. The lowest BCUT2D eigenvalue weighted by molar-refractivity contribution is -0.133. The number of aryl methyl sites for hydroxylation is 2. The first-order chi connectivity index (χ1) is 16.1. The van der Waals surface area contributed by atoms with Crippen LogP contribution in [0.3, 0.4) is 0 Å². The van der Waals surface area contributed by atoms with Crippen molar-refractivity contribution in [3.8, 4) is 0 Å². The highest BCUT2D eigenvalue weighted by Crippen LogP contribution is 2.43. The zero-order valence-corrected chi connectivity index (χ0v) is 20.1. The molecule has 0 spiro atoms. The predicted molar refractivity (Wildman–Crippen MR) is 129 cm³/mol. The van der Waals surface area contributed by atoms with Crippen molar-refractivity contribution >= 4 is 35.0 Å². The van der Waals surface area contributed by atoms with Crippen molar-refractivity contribution in [2.45, 2.75) is 45.7 Å². The van der Waals surface area contributed by atoms with Crippen LogP contribution in [0.25, 0.3) is 0 Å². The molecule has 0 bridgehead atoms. The second-order valence-corrected chi connectivity index (χ2v) is 9.29. The first kappa shape index (κ1) is 23.5. The summed E-state index contributed by atoms with van der Waals surface area (Å²) in [7, 11) is 1.57. The summed E-state index contributed by atoms with van der Waals surface area (Å²) in [5.41, 5.74) is 2.99. The van der Waals surface area contributed by atoms with Crippen LogP contribution in [0.5, 0.6) is 0 Å². The van der Waals surface area contributed by atoms with Gasteiger partial charge in [-0.25, -0.2) is 0 Å². The van der Waals surface area contributed by atoms with Gasteiger partial charge in [-0.3, -0.25) is 24.1 Å². The summed E-state index contributed by atoms with van der Waals surface area (Å²) in [5.74, 6) is -0.750. The van der Waals surface area contributed by atoms with E-state index in [1.165, 1.54) is 4.90 Å². The summed E-state index contributed by atoms with van der Waals surface area (Å²) in [6.07, 6.45) is 0.911. The van der Waals surface area contributed by atoms with E-state index in [-0.39, 0.29) is 43.1 Å². The molecule has 8 heteroatoms. The highest BCUT2D eigenvalue weighted by Gasteiger charge is 2.52. The molecule has 2 aromatic rings. The van der Waals surface area contributed by atoms with E-state index in [9.17, 15) is 19.2 Å². The van der Waals surface area contributed by atoms with E-state index in [1.54, 1.807) is 35.0 Å². The molecule has 4 rings (SSSR count). The summed E-state index contributed by atoms with van der Waals surface area (Å²) in [5, 5.41) is 2.86. The average Bonchev–Trinajstić information content (AvgIpc) is 3.11. The molecule has 2 aromatic carbocycles. The van der Waals surface area contributed by atoms with Crippen LogP contribution in [0.4, 0.5) is 11.4 Å². The lowest BCUT2D eigenvalue weighted by Crippen LogP contribution is -2.62. The number of carbonyl (C=O) groups is 4. The van der Waals surface area contributed by atoms with Crippen LogP contribution in [0.15, 0.2) is 42.5 Å². The molecular weight excluding hydrogens is 432 g/mol. The summed E-state index contributed by atoms with van der Waals surface area (Å²) < 4.78 is 0. The van der Waals surface area contributed by atoms with Crippen molar-refractivity contribution in [1.29, 1.82) is 0 Å². The number of fused-ring (bicyclic) bond motifs is 3. The van der Waals surface area contributed by atoms with Crippen LogP contribution in [0, 0.1) is 13.8 Å². The Labute approximate surface area is 199 Å². The van der Waals surface area contributed by atoms with E-state index >= 15 is 0 Å². The summed E-state index contributed by atoms with van der Waals surface area (Å²) in [6, 6.07) is 12.9. The Hall–Kier alpha value is -3.68. The van der Waals surface area contributed by atoms with Gasteiger partial charge in [0.2, 0.25) is 17.7 Å². The van der Waals surface area contributed by atoms with E-state index in [1.807, 2.05) is 45.0 Å². The number of likely N-dealkylation sites (N-methyl/N-ethyl adjacent to an activating group) is 1. The number of rotatable bonds is 6. The number of nitrogens with zero attached hydrogens (tertiary/aromatic N) is 3. The van der Waals surface area contributed by atoms with Gasteiger partial charge in [0, 0.05) is 32.1 Å². The molecule has 34 heavy (non-hydrogen) atoms. The number of benzene rings is 2. The molecule has 2 aliphatic heterocycles. The average molecular weight is 463 g/mol. The standard InChI is InChI=1S/C26H30N4O4/c1-17-9-10-18(2)20(15-17)27-22(31)16-28(4)23(32)12-14-29-25(34)19-7-5-6-8-21(19)30-24(33)11-13-26(29,30)3/h5-10,15H,11-14,16H2,1-4H3,(H,27,31). The van der Waals surface area contributed by atoms with Gasteiger partial charge >= 0.3 is 0 Å². The molecule has 2 aliphatic rings. The molecule has 178 valence electrons. The number of anilines is 2. The smallest absolute Gasteiger partial charge is 0.257 e. The van der Waals surface area contributed by atoms with Crippen LogP contribution in [-0.2, 0) is 14.4 Å². The zero-order chi connectivity index (χ0) is 24.6. The van der Waals surface area contributed by atoms with Gasteiger partial charge in [0.15, 0.2) is 0 Å². The molecule has 0 aliphatic carbocycles. The highest BCUT2D eigenvalue weighted by molar-refractivity contribution is 6.10. The van der Waals surface area contributed by atoms with Gasteiger partial charge in [-0.15, -0.1) is 0 Å². The van der Waals surface area contributed by atoms with Crippen molar-refractivity contribution in [2.75, 3.05) is 30.4 Å². The van der Waals surface area contributed by atoms with E-state index in [0.717, 1.165) is 16.8 Å². The van der Waals surface area contributed by atoms with Crippen molar-refractivity contribution < 1.29 is 19.2 Å². The quantitative estimate of drug-likeness (QED) is 0.714. The maximum atomic E-state index is 13.3. The first-order valence-electron chi connectivity index (χ1n) is 11.5. The number of carbonyl (C=O) groups excluding carboxylic acids is 4. The van der Waals surface area contributed by atoms with Crippen LogP contribution in [-0.4, -0.2) is 59.2 Å². The molecule has 0 radical (unpaired) electrons. The van der Waals surface area contributed by atoms with Crippen LogP contribution in [0.2, 0.25) is 0 Å². The second kappa shape index (κ2) is 8.93. The Bertz CT molecular complexity index is 1180. The maximum absolute atomic E-state index is 13.3. The molecule has 0 aromatic heterocycles. The summed E-state index contributed by atoms with van der Waals surface area (Å²) in [4.78, 5) is 56.0. The monoisotopic (exact) mass is 462 g/mol. The fourth-order valence-corrected chi connectivity index (χ4v) is 4.80. The van der Waals surface area contributed by atoms with Gasteiger partial charge in [-0.05, 0) is 56.5 Å². The van der Waals surface area contributed by atoms with E-state index in [2.05, 4.69) is 5.32 Å². The summed E-state index contributed by atoms with van der Waals surface area (Å²) in [6.45, 7) is 5.80. The minimum Gasteiger partial charge on any atom is -0.336 e. The van der Waals surface area contributed by atoms with Crippen molar-refractivity contribution in [2.24, 2.45) is 0 Å². The molecule has 4 amide bonds. The lowest BCUT2D eigenvalue weighted by atomic mass is 9.98. The Morgan fingerprint density at radius 3 is 2.62 bits per heavy atom. The number of amides is 4. The summed E-state index contributed by atoms with van der Waals surface area (Å²) >= 11 is 0. The van der Waals surface area contributed by atoms with E-state index < -0.39 is 5.66 Å². The van der Waals surface area contributed by atoms with Gasteiger partial charge in [0.05, 0.1) is 17.8 Å². The molecule has 1 unspecified atom stereocenters. The van der Waals surface area contributed by atoms with Crippen molar-refractivity contribution in [3.05, 3.63) is 59.2 Å². The highest BCUT2D eigenvalue weighted by atomic mass is 16.2. The fraction of sp³-hybridized carbons (Fsp3) is 0.385. The van der Waals surface area contributed by atoms with Crippen molar-refractivity contribution in [3.63, 3.8) is 0 Å². The second-order valence-electron chi connectivity index (χ2n) is 9.29. The number of para-hydroxylation sites is 1. The van der Waals surface area contributed by atoms with Crippen LogP contribution in [0.1, 0.15) is 47.7 Å². The van der Waals surface area contributed by atoms with Gasteiger partial charge in [0.1, 0.15) is 5.66 Å².